The van der Waals surface area contributed by atoms with Crippen LogP contribution in [0.2, 0.25) is 0 Å². The minimum Gasteiger partial charge on any atom is -0.399 e. The van der Waals surface area contributed by atoms with E-state index in [1.165, 1.54) is 0 Å². The molecule has 1 amide bonds. The number of tetrazole rings is 1. The molecule has 0 spiro atoms. The van der Waals surface area contributed by atoms with Crippen molar-refractivity contribution < 1.29 is 4.79 Å². The summed E-state index contributed by atoms with van der Waals surface area (Å²) >= 11 is 3.29. The van der Waals surface area contributed by atoms with Crippen molar-refractivity contribution in [3.05, 3.63) is 34.1 Å². The van der Waals surface area contributed by atoms with Gasteiger partial charge in [-0.15, -0.1) is 10.2 Å². The number of nitrogens with zero attached hydrogens (tertiary/aromatic N) is 3. The number of aromatic nitrogens is 4. The summed E-state index contributed by atoms with van der Waals surface area (Å²) in [6.45, 7) is 1.77. The van der Waals surface area contributed by atoms with Gasteiger partial charge in [-0.1, -0.05) is 21.1 Å². The Kier molecular flexibility index (Phi) is 3.56. The molecule has 0 bridgehead atoms. The molecule has 2 aromatic rings. The van der Waals surface area contributed by atoms with Gasteiger partial charge < -0.3 is 11.1 Å². The molecule has 4 N–H and O–H groups in total. The third-order valence-corrected chi connectivity index (χ3v) is 2.74. The molecule has 7 nitrogen and oxygen atoms in total. The maximum atomic E-state index is 12.0. The van der Waals surface area contributed by atoms with Gasteiger partial charge in [-0.25, -0.2) is 0 Å². The van der Waals surface area contributed by atoms with Gasteiger partial charge in [0.05, 0.1) is 6.04 Å². The average molecular weight is 311 g/mol. The molecule has 0 radical (unpaired) electrons. The minimum atomic E-state index is -0.337. The number of carbonyl (C=O) groups is 1. The van der Waals surface area contributed by atoms with E-state index in [1.54, 1.807) is 25.1 Å². The Morgan fingerprint density at radius 3 is 2.89 bits per heavy atom. The number of nitrogen functional groups attached to an aromatic ring is 1. The highest BCUT2D eigenvalue weighted by atomic mass is 79.9. The third kappa shape index (κ3) is 2.83. The van der Waals surface area contributed by atoms with Gasteiger partial charge in [0.2, 0.25) is 0 Å². The Bertz CT molecular complexity index is 535. The first-order valence-corrected chi connectivity index (χ1v) is 5.96. The number of H-pyrrole nitrogens is 1. The SMILES string of the molecule is CC(NC(=O)c1cc(N)cc(Br)c1)c1nn[nH]n1. The molecule has 2 rings (SSSR count). The lowest BCUT2D eigenvalue weighted by Crippen LogP contribution is -2.27. The molecule has 1 aromatic heterocycles. The lowest BCUT2D eigenvalue weighted by Gasteiger charge is -2.10. The molecular formula is C10H11BrN6O. The standard InChI is InChI=1S/C10H11BrN6O/c1-5(9-14-16-17-15-9)13-10(18)6-2-7(11)4-8(12)3-6/h2-5H,12H2,1H3,(H,13,18)(H,14,15,16,17). The van der Waals surface area contributed by atoms with E-state index in [-0.39, 0.29) is 11.9 Å². The highest BCUT2D eigenvalue weighted by Crippen LogP contribution is 2.18. The maximum absolute atomic E-state index is 12.0. The first-order valence-electron chi connectivity index (χ1n) is 5.16. The number of aromatic amines is 1. The molecule has 1 unspecified atom stereocenters. The Labute approximate surface area is 111 Å². The van der Waals surface area contributed by atoms with Gasteiger partial charge in [0, 0.05) is 15.7 Å². The van der Waals surface area contributed by atoms with Crippen molar-refractivity contribution in [2.75, 3.05) is 5.73 Å². The number of halogens is 1. The molecular weight excluding hydrogens is 300 g/mol. The van der Waals surface area contributed by atoms with E-state index < -0.39 is 0 Å². The molecule has 0 aliphatic carbocycles. The lowest BCUT2D eigenvalue weighted by atomic mass is 10.2. The lowest BCUT2D eigenvalue weighted by molar-refractivity contribution is 0.0938. The summed E-state index contributed by atoms with van der Waals surface area (Å²) in [6.07, 6.45) is 0. The highest BCUT2D eigenvalue weighted by Gasteiger charge is 2.15. The zero-order valence-corrected chi connectivity index (χ0v) is 11.1. The largest absolute Gasteiger partial charge is 0.399 e. The van der Waals surface area contributed by atoms with Gasteiger partial charge in [0.15, 0.2) is 5.82 Å². The van der Waals surface area contributed by atoms with Gasteiger partial charge in [0.25, 0.3) is 5.91 Å². The molecule has 1 atom stereocenters. The number of hydrogen-bond donors (Lipinski definition) is 3. The number of nitrogens with two attached hydrogens (primary N) is 1. The van der Waals surface area contributed by atoms with Crippen LogP contribution in [0.15, 0.2) is 22.7 Å². The molecule has 0 saturated heterocycles. The number of rotatable bonds is 3. The smallest absolute Gasteiger partial charge is 0.251 e. The molecule has 1 heterocycles. The van der Waals surface area contributed by atoms with E-state index in [0.717, 1.165) is 4.47 Å². The van der Waals surface area contributed by atoms with Crippen LogP contribution in [0, 0.1) is 0 Å². The van der Waals surface area contributed by atoms with Crippen molar-refractivity contribution >= 4 is 27.5 Å². The predicted molar refractivity (Wildman–Crippen MR) is 68.6 cm³/mol. The molecule has 0 fully saturated rings. The van der Waals surface area contributed by atoms with Crippen LogP contribution in [0.5, 0.6) is 0 Å². The van der Waals surface area contributed by atoms with Crippen LogP contribution in [0.25, 0.3) is 0 Å². The minimum absolute atomic E-state index is 0.250. The summed E-state index contributed by atoms with van der Waals surface area (Å²) in [7, 11) is 0. The van der Waals surface area contributed by atoms with Gasteiger partial charge in [0.1, 0.15) is 0 Å². The van der Waals surface area contributed by atoms with Crippen molar-refractivity contribution in [2.45, 2.75) is 13.0 Å². The number of hydrogen-bond acceptors (Lipinski definition) is 5. The van der Waals surface area contributed by atoms with Gasteiger partial charge >= 0.3 is 0 Å². The topological polar surface area (TPSA) is 110 Å². The van der Waals surface area contributed by atoms with Gasteiger partial charge in [-0.2, -0.15) is 5.21 Å². The summed E-state index contributed by atoms with van der Waals surface area (Å²) in [5.74, 6) is 0.173. The monoisotopic (exact) mass is 310 g/mol. The Morgan fingerprint density at radius 2 is 2.28 bits per heavy atom. The van der Waals surface area contributed by atoms with E-state index in [2.05, 4.69) is 41.9 Å². The van der Waals surface area contributed by atoms with Crippen LogP contribution in [0.1, 0.15) is 29.1 Å². The molecule has 1 aromatic carbocycles. The number of benzene rings is 1. The fraction of sp³-hybridized carbons (Fsp3) is 0.200. The summed E-state index contributed by atoms with van der Waals surface area (Å²) in [4.78, 5) is 12.0. The van der Waals surface area contributed by atoms with E-state index in [4.69, 9.17) is 5.73 Å². The van der Waals surface area contributed by atoms with Crippen molar-refractivity contribution in [2.24, 2.45) is 0 Å². The highest BCUT2D eigenvalue weighted by molar-refractivity contribution is 9.10. The van der Waals surface area contributed by atoms with Crippen molar-refractivity contribution in [1.82, 2.24) is 25.9 Å². The molecule has 8 heteroatoms. The molecule has 0 aliphatic rings. The van der Waals surface area contributed by atoms with Crippen LogP contribution in [-0.2, 0) is 0 Å². The van der Waals surface area contributed by atoms with Crippen molar-refractivity contribution in [3.8, 4) is 0 Å². The Hall–Kier alpha value is -1.96. The second-order valence-electron chi connectivity index (χ2n) is 3.74. The first kappa shape index (κ1) is 12.5. The second-order valence-corrected chi connectivity index (χ2v) is 4.65. The summed E-state index contributed by atoms with van der Waals surface area (Å²) in [6, 6.07) is 4.67. The number of carbonyl (C=O) groups excluding carboxylic acids is 1. The number of amides is 1. The zero-order valence-electron chi connectivity index (χ0n) is 9.51. The summed E-state index contributed by atoms with van der Waals surface area (Å²) in [5, 5.41) is 16.1. The number of anilines is 1. The quantitative estimate of drug-likeness (QED) is 0.734. The Balaban J connectivity index is 2.12. The fourth-order valence-electron chi connectivity index (χ4n) is 1.44. The van der Waals surface area contributed by atoms with Crippen molar-refractivity contribution in [3.63, 3.8) is 0 Å². The average Bonchev–Trinajstić information content (AvgIpc) is 2.80. The van der Waals surface area contributed by atoms with E-state index in [0.29, 0.717) is 17.1 Å². The van der Waals surface area contributed by atoms with Crippen molar-refractivity contribution in [1.29, 1.82) is 0 Å². The van der Waals surface area contributed by atoms with Crippen LogP contribution in [0.3, 0.4) is 0 Å². The Morgan fingerprint density at radius 1 is 1.50 bits per heavy atom. The van der Waals surface area contributed by atoms with Gasteiger partial charge in [-0.05, 0) is 25.1 Å². The normalized spacial score (nSPS) is 12.1. The first-order chi connectivity index (χ1) is 8.56. The summed E-state index contributed by atoms with van der Waals surface area (Å²) < 4.78 is 0.750. The maximum Gasteiger partial charge on any atom is 0.251 e. The molecule has 0 saturated carbocycles. The van der Waals surface area contributed by atoms with E-state index in [1.807, 2.05) is 0 Å². The van der Waals surface area contributed by atoms with Crippen LogP contribution in [-0.4, -0.2) is 26.5 Å². The molecule has 94 valence electrons. The molecule has 0 aliphatic heterocycles. The van der Waals surface area contributed by atoms with Crippen LogP contribution < -0.4 is 11.1 Å². The predicted octanol–water partition coefficient (Wildman–Crippen LogP) is 1.04. The van der Waals surface area contributed by atoms with Crippen LogP contribution >= 0.6 is 15.9 Å². The zero-order chi connectivity index (χ0) is 13.1. The fourth-order valence-corrected chi connectivity index (χ4v) is 1.95. The van der Waals surface area contributed by atoms with Crippen LogP contribution in [0.4, 0.5) is 5.69 Å². The summed E-state index contributed by atoms with van der Waals surface area (Å²) in [5.41, 5.74) is 6.66. The van der Waals surface area contributed by atoms with E-state index in [9.17, 15) is 4.79 Å². The second kappa shape index (κ2) is 5.13. The number of nitrogens with one attached hydrogen (secondary N) is 2. The molecule has 18 heavy (non-hydrogen) atoms. The van der Waals surface area contributed by atoms with Gasteiger partial charge in [-0.3, -0.25) is 4.79 Å². The third-order valence-electron chi connectivity index (χ3n) is 2.28. The van der Waals surface area contributed by atoms with E-state index >= 15 is 0 Å².